The number of nitrogens with zero attached hydrogens (tertiary/aromatic N) is 4. The van der Waals surface area contributed by atoms with Crippen LogP contribution in [0.2, 0.25) is 0 Å². The van der Waals surface area contributed by atoms with Crippen LogP contribution in [0.25, 0.3) is 99.9 Å². The third kappa shape index (κ3) is 5.96. The van der Waals surface area contributed by atoms with Crippen molar-refractivity contribution in [3.63, 3.8) is 0 Å². The monoisotopic (exact) mass is 776 g/mol. The van der Waals surface area contributed by atoms with Crippen molar-refractivity contribution in [1.29, 1.82) is 0 Å². The zero-order valence-corrected chi connectivity index (χ0v) is 33.1. The van der Waals surface area contributed by atoms with Gasteiger partial charge >= 0.3 is 0 Å². The normalized spacial score (nSPS) is 11.9. The van der Waals surface area contributed by atoms with E-state index in [1.54, 1.807) is 0 Å². The Morgan fingerprint density at radius 3 is 1.54 bits per heavy atom. The van der Waals surface area contributed by atoms with Crippen molar-refractivity contribution in [2.45, 2.75) is 0 Å². The summed E-state index contributed by atoms with van der Waals surface area (Å²) in [6, 6.07) is 77.6. The molecule has 11 aromatic rings. The van der Waals surface area contributed by atoms with E-state index >= 15 is 0 Å². The second kappa shape index (κ2) is 14.3. The van der Waals surface area contributed by atoms with Crippen molar-refractivity contribution in [1.82, 2.24) is 15.0 Å². The van der Waals surface area contributed by atoms with Gasteiger partial charge in [0, 0.05) is 33.3 Å². The summed E-state index contributed by atoms with van der Waals surface area (Å²) in [5.74, 6) is 1.86. The van der Waals surface area contributed by atoms with E-state index in [2.05, 4.69) is 223 Å². The molecule has 0 unspecified atom stereocenters. The molecule has 0 bridgehead atoms. The van der Waals surface area contributed by atoms with Crippen molar-refractivity contribution in [3.8, 4) is 67.5 Å². The van der Waals surface area contributed by atoms with Crippen molar-refractivity contribution >= 4 is 49.4 Å². The van der Waals surface area contributed by atoms with Crippen LogP contribution in [0.4, 0.5) is 17.1 Å². The minimum Gasteiger partial charge on any atom is -0.308 e. The predicted molar refractivity (Wildman–Crippen MR) is 253 cm³/mol. The van der Waals surface area contributed by atoms with Crippen LogP contribution >= 0.6 is 0 Å². The Morgan fingerprint density at radius 2 is 0.820 bits per heavy atom. The molecule has 0 radical (unpaired) electrons. The topological polar surface area (TPSA) is 41.9 Å². The van der Waals surface area contributed by atoms with Gasteiger partial charge in [-0.05, 0) is 97.2 Å². The SMILES string of the molecule is c1ccc(-c2ccc3cc(-c4nc(-c5ccc6ccccc6c5)nc(-c5cccc6c5N(c5ccccc5)c5ccc(-c7ccccc7)c7cccc-6c57)n4)ccc3c2)cc1. The van der Waals surface area contributed by atoms with Crippen LogP contribution in [-0.4, -0.2) is 15.0 Å². The van der Waals surface area contributed by atoms with E-state index in [1.807, 2.05) is 0 Å². The van der Waals surface area contributed by atoms with Crippen molar-refractivity contribution in [2.24, 2.45) is 0 Å². The maximum Gasteiger partial charge on any atom is 0.166 e. The first kappa shape index (κ1) is 34.8. The average molecular weight is 777 g/mol. The van der Waals surface area contributed by atoms with E-state index in [-0.39, 0.29) is 0 Å². The third-order valence-corrected chi connectivity index (χ3v) is 12.0. The number of rotatable bonds is 6. The largest absolute Gasteiger partial charge is 0.308 e. The minimum atomic E-state index is 0.613. The van der Waals surface area contributed by atoms with Crippen LogP contribution in [0.15, 0.2) is 218 Å². The van der Waals surface area contributed by atoms with Gasteiger partial charge in [0.15, 0.2) is 17.5 Å². The smallest absolute Gasteiger partial charge is 0.166 e. The molecule has 1 aliphatic heterocycles. The Balaban J connectivity index is 1.09. The summed E-state index contributed by atoms with van der Waals surface area (Å²) in [5, 5.41) is 7.02. The summed E-state index contributed by atoms with van der Waals surface area (Å²) in [6.45, 7) is 0. The highest BCUT2D eigenvalue weighted by atomic mass is 15.2. The van der Waals surface area contributed by atoms with Crippen molar-refractivity contribution < 1.29 is 0 Å². The Bertz CT molecular complexity index is 3470. The molecule has 61 heavy (non-hydrogen) atoms. The van der Waals surface area contributed by atoms with Gasteiger partial charge in [-0.2, -0.15) is 0 Å². The van der Waals surface area contributed by atoms with Gasteiger partial charge < -0.3 is 4.90 Å². The van der Waals surface area contributed by atoms with Gasteiger partial charge in [-0.25, -0.2) is 15.0 Å². The lowest BCUT2D eigenvalue weighted by Crippen LogP contribution is -2.17. The molecule has 0 fully saturated rings. The van der Waals surface area contributed by atoms with Crippen molar-refractivity contribution in [2.75, 3.05) is 4.90 Å². The predicted octanol–water partition coefficient (Wildman–Crippen LogP) is 15.1. The Labute approximate surface area is 353 Å². The second-order valence-corrected chi connectivity index (χ2v) is 15.6. The number of para-hydroxylation sites is 2. The fourth-order valence-corrected chi connectivity index (χ4v) is 9.09. The molecule has 4 nitrogen and oxygen atoms in total. The zero-order valence-electron chi connectivity index (χ0n) is 33.1. The highest BCUT2D eigenvalue weighted by Crippen LogP contribution is 2.55. The number of hydrogen-bond donors (Lipinski definition) is 0. The second-order valence-electron chi connectivity index (χ2n) is 15.6. The van der Waals surface area contributed by atoms with Gasteiger partial charge in [-0.1, -0.05) is 176 Å². The fourth-order valence-electron chi connectivity index (χ4n) is 9.09. The maximum atomic E-state index is 5.38. The molecule has 2 heterocycles. The van der Waals surface area contributed by atoms with E-state index < -0.39 is 0 Å². The molecule has 284 valence electrons. The molecule has 0 atom stereocenters. The number of anilines is 3. The summed E-state index contributed by atoms with van der Waals surface area (Å²) >= 11 is 0. The molecule has 1 aliphatic rings. The van der Waals surface area contributed by atoms with Crippen LogP contribution in [0, 0.1) is 0 Å². The molecule has 0 amide bonds. The molecule has 0 saturated carbocycles. The Hall–Kier alpha value is -8.21. The summed E-state index contributed by atoms with van der Waals surface area (Å²) in [5.41, 5.74) is 13.1. The minimum absolute atomic E-state index is 0.613. The van der Waals surface area contributed by atoms with Crippen molar-refractivity contribution in [3.05, 3.63) is 218 Å². The first-order valence-corrected chi connectivity index (χ1v) is 20.7. The van der Waals surface area contributed by atoms with Gasteiger partial charge in [0.1, 0.15) is 0 Å². The van der Waals surface area contributed by atoms with Gasteiger partial charge in [0.2, 0.25) is 0 Å². The molecule has 0 aliphatic carbocycles. The summed E-state index contributed by atoms with van der Waals surface area (Å²) in [4.78, 5) is 18.4. The van der Waals surface area contributed by atoms with E-state index in [1.165, 1.54) is 44.0 Å². The van der Waals surface area contributed by atoms with Crippen LogP contribution in [0.3, 0.4) is 0 Å². The van der Waals surface area contributed by atoms with E-state index in [4.69, 9.17) is 15.0 Å². The molecule has 0 saturated heterocycles. The van der Waals surface area contributed by atoms with Gasteiger partial charge in [0.25, 0.3) is 0 Å². The number of hydrogen-bond acceptors (Lipinski definition) is 4. The van der Waals surface area contributed by atoms with Crippen LogP contribution in [-0.2, 0) is 0 Å². The van der Waals surface area contributed by atoms with Crippen LogP contribution in [0.5, 0.6) is 0 Å². The molecular weight excluding hydrogens is 741 g/mol. The summed E-state index contributed by atoms with van der Waals surface area (Å²) in [6.07, 6.45) is 0. The highest BCUT2D eigenvalue weighted by molar-refractivity contribution is 6.19. The Morgan fingerprint density at radius 1 is 0.295 bits per heavy atom. The first-order chi connectivity index (χ1) is 30.2. The molecular formula is C57H36N4. The molecule has 1 aromatic heterocycles. The van der Waals surface area contributed by atoms with Crippen LogP contribution in [0.1, 0.15) is 0 Å². The van der Waals surface area contributed by atoms with Gasteiger partial charge in [0.05, 0.1) is 11.4 Å². The maximum absolute atomic E-state index is 5.38. The fraction of sp³-hybridized carbons (Fsp3) is 0. The standard InChI is InChI=1S/C57H36N4/c1-4-14-37(15-5-1)41-27-28-43-36-45(31-29-42(43)34-41)56-58-55(44-30-26-38-16-10-11-19-40(38)35-44)59-57(60-56)51-25-13-24-50-49-23-12-22-48-47(39-17-6-2-7-18-39)32-33-52(53(48)49)61(54(50)51)46-20-8-3-9-21-46/h1-36H. The molecule has 0 spiro atoms. The zero-order chi connectivity index (χ0) is 40.3. The lowest BCUT2D eigenvalue weighted by atomic mass is 9.86. The molecule has 10 aromatic carbocycles. The summed E-state index contributed by atoms with van der Waals surface area (Å²) < 4.78 is 0. The number of benzene rings is 10. The van der Waals surface area contributed by atoms with Crippen LogP contribution < -0.4 is 4.90 Å². The Kier molecular flexibility index (Phi) is 8.13. The average Bonchev–Trinajstić information content (AvgIpc) is 3.34. The van der Waals surface area contributed by atoms with Gasteiger partial charge in [-0.3, -0.25) is 0 Å². The first-order valence-electron chi connectivity index (χ1n) is 20.7. The number of fused-ring (bicyclic) bond motifs is 4. The van der Waals surface area contributed by atoms with E-state index in [9.17, 15) is 0 Å². The van der Waals surface area contributed by atoms with E-state index in [0.29, 0.717) is 17.5 Å². The van der Waals surface area contributed by atoms with E-state index in [0.717, 1.165) is 55.5 Å². The molecule has 0 N–H and O–H groups in total. The lowest BCUT2D eigenvalue weighted by Gasteiger charge is -2.35. The molecule has 4 heteroatoms. The summed E-state index contributed by atoms with van der Waals surface area (Å²) in [7, 11) is 0. The highest BCUT2D eigenvalue weighted by Gasteiger charge is 2.30. The molecule has 12 rings (SSSR count). The lowest BCUT2D eigenvalue weighted by molar-refractivity contribution is 1.07. The van der Waals surface area contributed by atoms with Gasteiger partial charge in [-0.15, -0.1) is 0 Å². The third-order valence-electron chi connectivity index (χ3n) is 12.0. The quantitative estimate of drug-likeness (QED) is 0.169. The number of aromatic nitrogens is 3.